The number of hydrogen-bond acceptors (Lipinski definition) is 4. The predicted octanol–water partition coefficient (Wildman–Crippen LogP) is 3.50. The van der Waals surface area contributed by atoms with Gasteiger partial charge in [-0.3, -0.25) is 5.32 Å². The minimum atomic E-state index is -0.497. The molecule has 128 valence electrons. The molecule has 6 nitrogen and oxygen atoms in total. The lowest BCUT2D eigenvalue weighted by atomic mass is 10.1. The Morgan fingerprint density at radius 1 is 1.20 bits per heavy atom. The number of carbonyl (C=O) groups is 1. The molecule has 0 saturated carbocycles. The highest BCUT2D eigenvalue weighted by atomic mass is 16.5. The van der Waals surface area contributed by atoms with Gasteiger partial charge in [-0.05, 0) is 29.7 Å². The minimum absolute atomic E-state index is 0.198. The summed E-state index contributed by atoms with van der Waals surface area (Å²) in [5.41, 5.74) is 9.93. The van der Waals surface area contributed by atoms with Crippen LogP contribution < -0.4 is 11.1 Å². The van der Waals surface area contributed by atoms with E-state index in [-0.39, 0.29) is 6.04 Å². The Hall–Kier alpha value is -3.12. The number of ether oxygens (including phenoxy) is 1. The fraction of sp³-hybridized carbons (Fsp3) is 0.158. The Labute approximate surface area is 146 Å². The van der Waals surface area contributed by atoms with Gasteiger partial charge < -0.3 is 15.5 Å². The summed E-state index contributed by atoms with van der Waals surface area (Å²) in [6.07, 6.45) is 1.99. The molecule has 1 amide bonds. The van der Waals surface area contributed by atoms with Crippen molar-refractivity contribution in [1.82, 2.24) is 9.97 Å². The second-order valence-electron chi connectivity index (χ2n) is 5.67. The molecule has 0 unspecified atom stereocenters. The van der Waals surface area contributed by atoms with Crippen molar-refractivity contribution >= 4 is 11.8 Å². The second kappa shape index (κ2) is 7.63. The van der Waals surface area contributed by atoms with E-state index in [1.165, 1.54) is 12.7 Å². The Morgan fingerprint density at radius 3 is 2.60 bits per heavy atom. The van der Waals surface area contributed by atoms with Crippen molar-refractivity contribution in [1.29, 1.82) is 0 Å². The van der Waals surface area contributed by atoms with Crippen LogP contribution in [-0.2, 0) is 11.2 Å². The number of nitrogens with zero attached hydrogens (tertiary/aromatic N) is 1. The van der Waals surface area contributed by atoms with Gasteiger partial charge in [0.15, 0.2) is 0 Å². The van der Waals surface area contributed by atoms with Crippen molar-refractivity contribution in [2.24, 2.45) is 5.73 Å². The van der Waals surface area contributed by atoms with Gasteiger partial charge in [0.1, 0.15) is 5.82 Å². The number of nitrogens with one attached hydrogen (secondary N) is 2. The number of nitrogens with two attached hydrogens (primary N) is 1. The quantitative estimate of drug-likeness (QED) is 0.665. The van der Waals surface area contributed by atoms with Crippen LogP contribution >= 0.6 is 0 Å². The van der Waals surface area contributed by atoms with Crippen LogP contribution in [0.5, 0.6) is 0 Å². The molecule has 1 aromatic heterocycles. The highest BCUT2D eigenvalue weighted by Gasteiger charge is 2.12. The molecule has 1 heterocycles. The molecule has 2 aromatic carbocycles. The van der Waals surface area contributed by atoms with E-state index in [1.54, 1.807) is 18.3 Å². The van der Waals surface area contributed by atoms with Crippen LogP contribution in [0.2, 0.25) is 0 Å². The Morgan fingerprint density at radius 2 is 1.92 bits per heavy atom. The number of hydrogen-bond donors (Lipinski definition) is 3. The number of H-pyrrole nitrogens is 1. The lowest BCUT2D eigenvalue weighted by Crippen LogP contribution is -2.14. The van der Waals surface area contributed by atoms with Gasteiger partial charge in [0.2, 0.25) is 0 Å². The molecular weight excluding hydrogens is 316 g/mol. The van der Waals surface area contributed by atoms with Gasteiger partial charge in [0, 0.05) is 5.69 Å². The standard InChI is InChI=1S/C19H20N4O2/c1-25-19(24)22-15-9-7-14(8-10-15)17-12-21-18(23-17)16(20)11-13-5-3-2-4-6-13/h2-10,12,16H,11,20H2,1H3,(H,21,23)(H,22,24)/t16-/m0/s1. The van der Waals surface area contributed by atoms with E-state index in [0.717, 1.165) is 23.5 Å². The summed E-state index contributed by atoms with van der Waals surface area (Å²) in [4.78, 5) is 18.9. The molecular formula is C19H20N4O2. The zero-order chi connectivity index (χ0) is 17.6. The average Bonchev–Trinajstić information content (AvgIpc) is 3.13. The Balaban J connectivity index is 1.69. The Bertz CT molecular complexity index is 828. The highest BCUT2D eigenvalue weighted by Crippen LogP contribution is 2.22. The smallest absolute Gasteiger partial charge is 0.411 e. The molecule has 0 aliphatic carbocycles. The van der Waals surface area contributed by atoms with E-state index < -0.39 is 6.09 Å². The average molecular weight is 336 g/mol. The largest absolute Gasteiger partial charge is 0.453 e. The SMILES string of the molecule is COC(=O)Nc1ccc(-c2cnc([C@@H](N)Cc3ccccc3)[nH]2)cc1. The first-order valence-corrected chi connectivity index (χ1v) is 7.95. The maximum atomic E-state index is 11.2. The lowest BCUT2D eigenvalue weighted by Gasteiger charge is -2.09. The first-order valence-electron chi connectivity index (χ1n) is 7.95. The number of anilines is 1. The first-order chi connectivity index (χ1) is 12.2. The van der Waals surface area contributed by atoms with Crippen LogP contribution in [0.4, 0.5) is 10.5 Å². The number of rotatable bonds is 5. The van der Waals surface area contributed by atoms with Crippen molar-refractivity contribution < 1.29 is 9.53 Å². The number of amides is 1. The second-order valence-corrected chi connectivity index (χ2v) is 5.67. The summed E-state index contributed by atoms with van der Waals surface area (Å²) in [6.45, 7) is 0. The van der Waals surface area contributed by atoms with E-state index in [2.05, 4.69) is 32.2 Å². The van der Waals surface area contributed by atoms with E-state index >= 15 is 0 Å². The minimum Gasteiger partial charge on any atom is -0.453 e. The number of methoxy groups -OCH3 is 1. The van der Waals surface area contributed by atoms with Gasteiger partial charge in [-0.2, -0.15) is 0 Å². The molecule has 0 aliphatic heterocycles. The number of benzene rings is 2. The lowest BCUT2D eigenvalue weighted by molar-refractivity contribution is 0.187. The summed E-state index contributed by atoms with van der Waals surface area (Å²) in [6, 6.07) is 17.3. The maximum absolute atomic E-state index is 11.2. The molecule has 0 fully saturated rings. The molecule has 3 aromatic rings. The Kier molecular flexibility index (Phi) is 5.11. The molecule has 3 rings (SSSR count). The molecule has 0 saturated heterocycles. The summed E-state index contributed by atoms with van der Waals surface area (Å²) in [7, 11) is 1.33. The topological polar surface area (TPSA) is 93.0 Å². The van der Waals surface area contributed by atoms with Gasteiger partial charge in [0.25, 0.3) is 0 Å². The van der Waals surface area contributed by atoms with Crippen molar-refractivity contribution in [2.75, 3.05) is 12.4 Å². The summed E-state index contributed by atoms with van der Waals surface area (Å²) >= 11 is 0. The van der Waals surface area contributed by atoms with Crippen molar-refractivity contribution in [3.8, 4) is 11.3 Å². The molecule has 4 N–H and O–H groups in total. The molecule has 25 heavy (non-hydrogen) atoms. The molecule has 0 spiro atoms. The van der Waals surface area contributed by atoms with Crippen molar-refractivity contribution in [3.05, 3.63) is 72.2 Å². The van der Waals surface area contributed by atoms with Gasteiger partial charge in [0.05, 0.1) is 25.0 Å². The first kappa shape index (κ1) is 16.7. The third kappa shape index (κ3) is 4.24. The van der Waals surface area contributed by atoms with Gasteiger partial charge in [-0.1, -0.05) is 42.5 Å². The highest BCUT2D eigenvalue weighted by molar-refractivity contribution is 5.84. The van der Waals surface area contributed by atoms with Gasteiger partial charge >= 0.3 is 6.09 Å². The molecule has 6 heteroatoms. The molecule has 0 bridgehead atoms. The van der Waals surface area contributed by atoms with Crippen LogP contribution in [0.25, 0.3) is 11.3 Å². The molecule has 1 atom stereocenters. The zero-order valence-corrected chi connectivity index (χ0v) is 13.9. The van der Waals surface area contributed by atoms with Crippen LogP contribution in [0, 0.1) is 0 Å². The fourth-order valence-corrected chi connectivity index (χ4v) is 2.54. The number of aromatic amines is 1. The van der Waals surface area contributed by atoms with Crippen LogP contribution in [0.3, 0.4) is 0 Å². The monoisotopic (exact) mass is 336 g/mol. The summed E-state index contributed by atoms with van der Waals surface area (Å²) in [5, 5.41) is 2.61. The van der Waals surface area contributed by atoms with E-state index in [1.807, 2.05) is 30.3 Å². The normalized spacial score (nSPS) is 11.8. The number of imidazole rings is 1. The summed E-state index contributed by atoms with van der Waals surface area (Å²) < 4.78 is 4.57. The van der Waals surface area contributed by atoms with Crippen molar-refractivity contribution in [3.63, 3.8) is 0 Å². The van der Waals surface area contributed by atoms with Gasteiger partial charge in [-0.15, -0.1) is 0 Å². The number of carbonyl (C=O) groups excluding carboxylic acids is 1. The van der Waals surface area contributed by atoms with Crippen LogP contribution in [0.15, 0.2) is 60.8 Å². The third-order valence-electron chi connectivity index (χ3n) is 3.87. The van der Waals surface area contributed by atoms with E-state index in [0.29, 0.717) is 5.69 Å². The van der Waals surface area contributed by atoms with Crippen LogP contribution in [0.1, 0.15) is 17.4 Å². The predicted molar refractivity (Wildman–Crippen MR) is 97.1 cm³/mol. The van der Waals surface area contributed by atoms with Gasteiger partial charge in [-0.25, -0.2) is 9.78 Å². The summed E-state index contributed by atoms with van der Waals surface area (Å²) in [5.74, 6) is 0.746. The maximum Gasteiger partial charge on any atom is 0.411 e. The molecule has 0 aliphatic rings. The third-order valence-corrected chi connectivity index (χ3v) is 3.87. The fourth-order valence-electron chi connectivity index (χ4n) is 2.54. The van der Waals surface area contributed by atoms with E-state index in [4.69, 9.17) is 5.73 Å². The number of aromatic nitrogens is 2. The zero-order valence-electron chi connectivity index (χ0n) is 13.9. The van der Waals surface area contributed by atoms with Crippen LogP contribution in [-0.4, -0.2) is 23.2 Å². The molecule has 0 radical (unpaired) electrons. The van der Waals surface area contributed by atoms with E-state index in [9.17, 15) is 4.79 Å². The van der Waals surface area contributed by atoms with Crippen molar-refractivity contribution in [2.45, 2.75) is 12.5 Å².